The maximum absolute atomic E-state index is 5.92. The predicted octanol–water partition coefficient (Wildman–Crippen LogP) is 0.780. The first-order chi connectivity index (χ1) is 10.3. The number of aromatic amines is 1. The van der Waals surface area contributed by atoms with Crippen molar-refractivity contribution in [2.24, 2.45) is 5.73 Å². The van der Waals surface area contributed by atoms with Gasteiger partial charge >= 0.3 is 0 Å². The van der Waals surface area contributed by atoms with Crippen molar-refractivity contribution >= 4 is 5.95 Å². The molecule has 3 N–H and O–H groups in total. The smallest absolute Gasteiger partial charge is 0.245 e. The third kappa shape index (κ3) is 2.29. The molecule has 1 aromatic carbocycles. The Morgan fingerprint density at radius 1 is 1.24 bits per heavy atom. The number of nitrogens with one attached hydrogen (secondary N) is 1. The minimum atomic E-state index is 0.209. The van der Waals surface area contributed by atoms with E-state index in [1.54, 1.807) is 0 Å². The summed E-state index contributed by atoms with van der Waals surface area (Å²) in [5.41, 5.74) is 6.85. The normalized spacial score (nSPS) is 20.8. The van der Waals surface area contributed by atoms with E-state index in [1.807, 2.05) is 18.2 Å². The van der Waals surface area contributed by atoms with Crippen LogP contribution in [0.25, 0.3) is 11.4 Å². The monoisotopic (exact) mass is 287 g/mol. The molecule has 7 heteroatoms. The van der Waals surface area contributed by atoms with Crippen molar-refractivity contribution in [2.75, 3.05) is 31.2 Å². The van der Waals surface area contributed by atoms with Gasteiger partial charge in [0.1, 0.15) is 13.2 Å². The van der Waals surface area contributed by atoms with Crippen LogP contribution in [0, 0.1) is 0 Å². The Labute approximate surface area is 122 Å². The molecule has 0 spiro atoms. The van der Waals surface area contributed by atoms with E-state index in [2.05, 4.69) is 20.1 Å². The summed E-state index contributed by atoms with van der Waals surface area (Å²) in [5.74, 6) is 2.95. The van der Waals surface area contributed by atoms with Gasteiger partial charge in [0.05, 0.1) is 0 Å². The summed E-state index contributed by atoms with van der Waals surface area (Å²) >= 11 is 0. The van der Waals surface area contributed by atoms with Crippen LogP contribution in [0.5, 0.6) is 11.5 Å². The Morgan fingerprint density at radius 3 is 2.90 bits per heavy atom. The Bertz CT molecular complexity index is 657. The van der Waals surface area contributed by atoms with E-state index in [1.165, 1.54) is 0 Å². The number of aromatic nitrogens is 3. The first-order valence-electron chi connectivity index (χ1n) is 7.12. The van der Waals surface area contributed by atoms with Gasteiger partial charge in [-0.1, -0.05) is 0 Å². The number of fused-ring (bicyclic) bond motifs is 1. The number of hydrogen-bond donors (Lipinski definition) is 2. The third-order valence-corrected chi connectivity index (χ3v) is 3.80. The van der Waals surface area contributed by atoms with E-state index in [4.69, 9.17) is 15.2 Å². The first kappa shape index (κ1) is 12.5. The third-order valence-electron chi connectivity index (χ3n) is 3.80. The molecule has 21 heavy (non-hydrogen) atoms. The molecule has 4 rings (SSSR count). The van der Waals surface area contributed by atoms with Crippen LogP contribution in [0.15, 0.2) is 18.2 Å². The van der Waals surface area contributed by atoms with Gasteiger partial charge in [0, 0.05) is 24.7 Å². The quantitative estimate of drug-likeness (QED) is 0.848. The summed E-state index contributed by atoms with van der Waals surface area (Å²) in [5, 5.41) is 7.26. The maximum Gasteiger partial charge on any atom is 0.245 e. The van der Waals surface area contributed by atoms with Gasteiger partial charge in [-0.05, 0) is 24.6 Å². The number of rotatable bonds is 2. The summed E-state index contributed by atoms with van der Waals surface area (Å²) in [6.45, 7) is 2.87. The van der Waals surface area contributed by atoms with Crippen LogP contribution in [-0.2, 0) is 0 Å². The maximum atomic E-state index is 5.92. The van der Waals surface area contributed by atoms with Crippen LogP contribution >= 0.6 is 0 Å². The number of ether oxygens (including phenoxy) is 2. The summed E-state index contributed by atoms with van der Waals surface area (Å²) < 4.78 is 11.1. The van der Waals surface area contributed by atoms with E-state index < -0.39 is 0 Å². The highest BCUT2D eigenvalue weighted by molar-refractivity contribution is 5.62. The van der Waals surface area contributed by atoms with Crippen molar-refractivity contribution in [3.63, 3.8) is 0 Å². The molecule has 0 amide bonds. The van der Waals surface area contributed by atoms with Gasteiger partial charge < -0.3 is 20.1 Å². The Balaban J connectivity index is 1.60. The van der Waals surface area contributed by atoms with Crippen LogP contribution in [0.4, 0.5) is 5.95 Å². The highest BCUT2D eigenvalue weighted by Gasteiger charge is 2.23. The second-order valence-corrected chi connectivity index (χ2v) is 5.34. The summed E-state index contributed by atoms with van der Waals surface area (Å²) in [4.78, 5) is 6.65. The molecular formula is C14H17N5O2. The minimum absolute atomic E-state index is 0.209. The predicted molar refractivity (Wildman–Crippen MR) is 77.6 cm³/mol. The molecule has 2 aliphatic heterocycles. The van der Waals surface area contributed by atoms with Crippen molar-refractivity contribution in [3.05, 3.63) is 18.2 Å². The molecule has 1 aromatic heterocycles. The molecule has 1 saturated heterocycles. The van der Waals surface area contributed by atoms with Crippen molar-refractivity contribution in [1.82, 2.24) is 15.2 Å². The molecule has 1 fully saturated rings. The Morgan fingerprint density at radius 2 is 2.10 bits per heavy atom. The van der Waals surface area contributed by atoms with Gasteiger partial charge in [0.15, 0.2) is 17.3 Å². The molecule has 2 aliphatic rings. The second kappa shape index (κ2) is 4.92. The number of benzene rings is 1. The van der Waals surface area contributed by atoms with Crippen molar-refractivity contribution in [2.45, 2.75) is 12.5 Å². The van der Waals surface area contributed by atoms with E-state index >= 15 is 0 Å². The van der Waals surface area contributed by atoms with Gasteiger partial charge in [-0.25, -0.2) is 0 Å². The van der Waals surface area contributed by atoms with E-state index in [0.29, 0.717) is 19.2 Å². The average Bonchev–Trinajstić information content (AvgIpc) is 3.15. The summed E-state index contributed by atoms with van der Waals surface area (Å²) in [7, 11) is 0. The lowest BCUT2D eigenvalue weighted by Crippen LogP contribution is -2.26. The van der Waals surface area contributed by atoms with E-state index in [9.17, 15) is 0 Å². The average molecular weight is 287 g/mol. The zero-order valence-electron chi connectivity index (χ0n) is 11.6. The topological polar surface area (TPSA) is 89.3 Å². The zero-order chi connectivity index (χ0) is 14.2. The van der Waals surface area contributed by atoms with Gasteiger partial charge in [-0.2, -0.15) is 4.98 Å². The first-order valence-corrected chi connectivity index (χ1v) is 7.12. The molecule has 110 valence electrons. The number of nitrogens with zero attached hydrogens (tertiary/aromatic N) is 3. The van der Waals surface area contributed by atoms with Crippen LogP contribution in [0.3, 0.4) is 0 Å². The molecule has 2 aromatic rings. The standard InChI is InChI=1S/C14H17N5O2/c15-10-3-4-19(8-10)14-16-13(17-18-14)9-1-2-11-12(7-9)21-6-5-20-11/h1-2,7,10H,3-6,8,15H2,(H,16,17,18). The van der Waals surface area contributed by atoms with E-state index in [0.717, 1.165) is 42.4 Å². The molecule has 1 atom stereocenters. The lowest BCUT2D eigenvalue weighted by molar-refractivity contribution is 0.171. The van der Waals surface area contributed by atoms with Gasteiger partial charge in [0.2, 0.25) is 5.95 Å². The number of anilines is 1. The zero-order valence-corrected chi connectivity index (χ0v) is 11.6. The molecule has 0 bridgehead atoms. The molecule has 0 saturated carbocycles. The fraction of sp³-hybridized carbons (Fsp3) is 0.429. The minimum Gasteiger partial charge on any atom is -0.486 e. The second-order valence-electron chi connectivity index (χ2n) is 5.34. The SMILES string of the molecule is NC1CCN(c2n[nH]c(-c3ccc4c(c3)OCCO4)n2)C1. The highest BCUT2D eigenvalue weighted by Crippen LogP contribution is 2.33. The largest absolute Gasteiger partial charge is 0.486 e. The fourth-order valence-electron chi connectivity index (χ4n) is 2.68. The van der Waals surface area contributed by atoms with Crippen LogP contribution in [-0.4, -0.2) is 47.5 Å². The molecular weight excluding hydrogens is 270 g/mol. The highest BCUT2D eigenvalue weighted by atomic mass is 16.6. The van der Waals surface area contributed by atoms with Crippen molar-refractivity contribution in [3.8, 4) is 22.9 Å². The Kier molecular flexibility index (Phi) is 2.92. The van der Waals surface area contributed by atoms with E-state index in [-0.39, 0.29) is 6.04 Å². The number of H-pyrrole nitrogens is 1. The Hall–Kier alpha value is -2.28. The van der Waals surface area contributed by atoms with Crippen molar-refractivity contribution in [1.29, 1.82) is 0 Å². The van der Waals surface area contributed by atoms with Crippen LogP contribution in [0.2, 0.25) is 0 Å². The number of hydrogen-bond acceptors (Lipinski definition) is 6. The number of nitrogens with two attached hydrogens (primary N) is 1. The molecule has 0 radical (unpaired) electrons. The van der Waals surface area contributed by atoms with Crippen LogP contribution < -0.4 is 20.1 Å². The van der Waals surface area contributed by atoms with Crippen LogP contribution in [0.1, 0.15) is 6.42 Å². The molecule has 3 heterocycles. The van der Waals surface area contributed by atoms with Crippen molar-refractivity contribution < 1.29 is 9.47 Å². The lowest BCUT2D eigenvalue weighted by atomic mass is 10.2. The molecule has 0 aliphatic carbocycles. The lowest BCUT2D eigenvalue weighted by Gasteiger charge is -2.18. The molecule has 1 unspecified atom stereocenters. The summed E-state index contributed by atoms with van der Waals surface area (Å²) in [6.07, 6.45) is 0.980. The summed E-state index contributed by atoms with van der Waals surface area (Å²) in [6, 6.07) is 5.99. The molecule has 7 nitrogen and oxygen atoms in total. The van der Waals surface area contributed by atoms with Gasteiger partial charge in [0.25, 0.3) is 0 Å². The fourth-order valence-corrected chi connectivity index (χ4v) is 2.68. The van der Waals surface area contributed by atoms with Gasteiger partial charge in [-0.15, -0.1) is 5.10 Å². The van der Waals surface area contributed by atoms with Gasteiger partial charge in [-0.3, -0.25) is 5.10 Å².